The zero-order valence-corrected chi connectivity index (χ0v) is 14.6. The van der Waals surface area contributed by atoms with Crippen LogP contribution in [0.3, 0.4) is 0 Å². The van der Waals surface area contributed by atoms with Crippen LogP contribution < -0.4 is 5.32 Å². The molecule has 0 saturated carbocycles. The molecule has 0 spiro atoms. The molecule has 0 aliphatic rings. The average molecular weight is 350 g/mol. The number of non-ortho nitro benzene ring substituents is 1. The summed E-state index contributed by atoms with van der Waals surface area (Å²) in [5.74, 6) is -1.50. The summed E-state index contributed by atoms with van der Waals surface area (Å²) in [6.07, 6.45) is 6.56. The third-order valence-corrected chi connectivity index (χ3v) is 3.97. The summed E-state index contributed by atoms with van der Waals surface area (Å²) < 4.78 is 0. The van der Waals surface area contributed by atoms with Crippen molar-refractivity contribution in [2.75, 3.05) is 0 Å². The SMILES string of the molecule is CCCCCCCC[C@@H](NC(=O)Cc1cccc([N+](=O)[O-])c1)C(=O)O. The molecule has 7 heteroatoms. The highest BCUT2D eigenvalue weighted by Crippen LogP contribution is 2.14. The lowest BCUT2D eigenvalue weighted by atomic mass is 10.0. The molecular formula is C18H26N2O5. The lowest BCUT2D eigenvalue weighted by Gasteiger charge is -2.14. The van der Waals surface area contributed by atoms with E-state index in [2.05, 4.69) is 12.2 Å². The van der Waals surface area contributed by atoms with Crippen molar-refractivity contribution < 1.29 is 19.6 Å². The van der Waals surface area contributed by atoms with Crippen molar-refractivity contribution >= 4 is 17.6 Å². The Morgan fingerprint density at radius 2 is 1.88 bits per heavy atom. The second-order valence-corrected chi connectivity index (χ2v) is 6.12. The number of rotatable bonds is 12. The van der Waals surface area contributed by atoms with Crippen molar-refractivity contribution in [1.29, 1.82) is 0 Å². The summed E-state index contributed by atoms with van der Waals surface area (Å²) in [6, 6.07) is 4.86. The number of carboxylic acid groups (broad SMARTS) is 1. The summed E-state index contributed by atoms with van der Waals surface area (Å²) in [6.45, 7) is 2.14. The second kappa shape index (κ2) is 11.2. The van der Waals surface area contributed by atoms with Crippen LogP contribution in [0.1, 0.15) is 57.4 Å². The van der Waals surface area contributed by atoms with E-state index in [1.807, 2.05) is 0 Å². The quantitative estimate of drug-likeness (QED) is 0.341. The molecule has 1 rings (SSSR count). The number of nitrogens with zero attached hydrogens (tertiary/aromatic N) is 1. The van der Waals surface area contributed by atoms with E-state index < -0.39 is 22.8 Å². The van der Waals surface area contributed by atoms with Crippen LogP contribution in [0.15, 0.2) is 24.3 Å². The van der Waals surface area contributed by atoms with Crippen LogP contribution in [0, 0.1) is 10.1 Å². The Bertz CT molecular complexity index is 589. The van der Waals surface area contributed by atoms with E-state index in [1.165, 1.54) is 24.6 Å². The fraction of sp³-hybridized carbons (Fsp3) is 0.556. The largest absolute Gasteiger partial charge is 0.480 e. The lowest BCUT2D eigenvalue weighted by Crippen LogP contribution is -2.41. The summed E-state index contributed by atoms with van der Waals surface area (Å²) in [5.41, 5.74) is 0.391. The summed E-state index contributed by atoms with van der Waals surface area (Å²) in [7, 11) is 0. The second-order valence-electron chi connectivity index (χ2n) is 6.12. The number of carbonyl (C=O) groups is 2. The van der Waals surface area contributed by atoms with Crippen molar-refractivity contribution in [3.63, 3.8) is 0 Å². The maximum absolute atomic E-state index is 12.0. The van der Waals surface area contributed by atoms with Crippen LogP contribution in [0.2, 0.25) is 0 Å². The molecule has 1 atom stereocenters. The molecule has 0 radical (unpaired) electrons. The van der Waals surface area contributed by atoms with E-state index in [4.69, 9.17) is 0 Å². The maximum Gasteiger partial charge on any atom is 0.326 e. The first kappa shape index (κ1) is 20.6. The first-order valence-corrected chi connectivity index (χ1v) is 8.69. The molecule has 25 heavy (non-hydrogen) atoms. The van der Waals surface area contributed by atoms with E-state index in [0.717, 1.165) is 32.1 Å². The molecular weight excluding hydrogens is 324 g/mol. The highest BCUT2D eigenvalue weighted by atomic mass is 16.6. The number of unbranched alkanes of at least 4 members (excludes halogenated alkanes) is 5. The molecule has 0 aliphatic heterocycles. The van der Waals surface area contributed by atoms with Gasteiger partial charge in [0.25, 0.3) is 5.69 Å². The van der Waals surface area contributed by atoms with Gasteiger partial charge in [-0.25, -0.2) is 4.79 Å². The van der Waals surface area contributed by atoms with Gasteiger partial charge in [0.05, 0.1) is 11.3 Å². The summed E-state index contributed by atoms with van der Waals surface area (Å²) in [4.78, 5) is 33.5. The summed E-state index contributed by atoms with van der Waals surface area (Å²) in [5, 5.41) is 22.5. The molecule has 1 aromatic carbocycles. The van der Waals surface area contributed by atoms with Crippen LogP contribution in [0.25, 0.3) is 0 Å². The van der Waals surface area contributed by atoms with Gasteiger partial charge in [0.2, 0.25) is 5.91 Å². The molecule has 0 aromatic heterocycles. The minimum atomic E-state index is -1.05. The van der Waals surface area contributed by atoms with Gasteiger partial charge in [0.15, 0.2) is 0 Å². The van der Waals surface area contributed by atoms with Crippen molar-refractivity contribution in [3.8, 4) is 0 Å². The number of carboxylic acids is 1. The number of hydrogen-bond donors (Lipinski definition) is 2. The topological polar surface area (TPSA) is 110 Å². The predicted octanol–water partition coefficient (Wildman–Crippen LogP) is 3.46. The third-order valence-electron chi connectivity index (χ3n) is 3.97. The molecule has 0 fully saturated rings. The van der Waals surface area contributed by atoms with Gasteiger partial charge in [-0.2, -0.15) is 0 Å². The molecule has 1 aromatic rings. The Morgan fingerprint density at radius 1 is 1.20 bits per heavy atom. The minimum absolute atomic E-state index is 0.0814. The molecule has 0 aliphatic carbocycles. The Labute approximate surface area is 147 Å². The van der Waals surface area contributed by atoms with Crippen LogP contribution in [0.5, 0.6) is 0 Å². The highest BCUT2D eigenvalue weighted by molar-refractivity contribution is 5.84. The van der Waals surface area contributed by atoms with E-state index in [9.17, 15) is 24.8 Å². The summed E-state index contributed by atoms with van der Waals surface area (Å²) >= 11 is 0. The fourth-order valence-corrected chi connectivity index (χ4v) is 2.60. The molecule has 0 bridgehead atoms. The Morgan fingerprint density at radius 3 is 2.52 bits per heavy atom. The molecule has 138 valence electrons. The molecule has 0 saturated heterocycles. The van der Waals surface area contributed by atoms with E-state index in [1.54, 1.807) is 6.07 Å². The molecule has 0 heterocycles. The molecule has 1 amide bonds. The first-order valence-electron chi connectivity index (χ1n) is 8.69. The number of aliphatic carboxylic acids is 1. The average Bonchev–Trinajstić information content (AvgIpc) is 2.56. The number of carbonyl (C=O) groups excluding carboxylic acids is 1. The van der Waals surface area contributed by atoms with Crippen LogP contribution >= 0.6 is 0 Å². The van der Waals surface area contributed by atoms with Gasteiger partial charge in [-0.05, 0) is 12.0 Å². The van der Waals surface area contributed by atoms with Crippen LogP contribution in [-0.4, -0.2) is 27.9 Å². The van der Waals surface area contributed by atoms with Gasteiger partial charge in [0, 0.05) is 12.1 Å². The Hall–Kier alpha value is -2.44. The van der Waals surface area contributed by atoms with Crippen molar-refractivity contribution in [3.05, 3.63) is 39.9 Å². The van der Waals surface area contributed by atoms with Crippen molar-refractivity contribution in [2.45, 2.75) is 64.3 Å². The maximum atomic E-state index is 12.0. The van der Waals surface area contributed by atoms with Crippen molar-refractivity contribution in [2.24, 2.45) is 0 Å². The molecule has 2 N–H and O–H groups in total. The molecule has 7 nitrogen and oxygen atoms in total. The molecule has 0 unspecified atom stereocenters. The Balaban J connectivity index is 2.46. The van der Waals surface area contributed by atoms with Gasteiger partial charge in [-0.15, -0.1) is 0 Å². The van der Waals surface area contributed by atoms with Gasteiger partial charge < -0.3 is 10.4 Å². The smallest absolute Gasteiger partial charge is 0.326 e. The van der Waals surface area contributed by atoms with E-state index in [-0.39, 0.29) is 12.1 Å². The number of nitro benzene ring substituents is 1. The number of benzene rings is 1. The number of hydrogen-bond acceptors (Lipinski definition) is 4. The van der Waals surface area contributed by atoms with Gasteiger partial charge in [-0.1, -0.05) is 57.6 Å². The van der Waals surface area contributed by atoms with Crippen molar-refractivity contribution in [1.82, 2.24) is 5.32 Å². The number of nitrogens with one attached hydrogen (secondary N) is 1. The lowest BCUT2D eigenvalue weighted by molar-refractivity contribution is -0.384. The predicted molar refractivity (Wildman–Crippen MR) is 94.4 cm³/mol. The van der Waals surface area contributed by atoms with Gasteiger partial charge >= 0.3 is 5.97 Å². The zero-order chi connectivity index (χ0) is 18.7. The number of amides is 1. The minimum Gasteiger partial charge on any atom is -0.480 e. The van der Waals surface area contributed by atoms with E-state index >= 15 is 0 Å². The monoisotopic (exact) mass is 350 g/mol. The first-order chi connectivity index (χ1) is 11.9. The zero-order valence-electron chi connectivity index (χ0n) is 14.6. The fourth-order valence-electron chi connectivity index (χ4n) is 2.60. The van der Waals surface area contributed by atoms with Crippen LogP contribution in [-0.2, 0) is 16.0 Å². The van der Waals surface area contributed by atoms with E-state index in [0.29, 0.717) is 12.0 Å². The Kier molecular flexibility index (Phi) is 9.21. The van der Waals surface area contributed by atoms with Gasteiger partial charge in [0.1, 0.15) is 6.04 Å². The standard InChI is InChI=1S/C18H26N2O5/c1-2-3-4-5-6-7-11-16(18(22)23)19-17(21)13-14-9-8-10-15(12-14)20(24)25/h8-10,12,16H,2-7,11,13H2,1H3,(H,19,21)(H,22,23)/t16-/m1/s1. The third kappa shape index (κ3) is 8.28. The van der Waals surface area contributed by atoms with Gasteiger partial charge in [-0.3, -0.25) is 14.9 Å². The highest BCUT2D eigenvalue weighted by Gasteiger charge is 2.19. The normalized spacial score (nSPS) is 11.7. The number of nitro groups is 1. The van der Waals surface area contributed by atoms with Crippen LogP contribution in [0.4, 0.5) is 5.69 Å².